The highest BCUT2D eigenvalue weighted by atomic mass is 16.1. The summed E-state index contributed by atoms with van der Waals surface area (Å²) in [5, 5.41) is 6.12. The largest absolute Gasteiger partial charge is 0.348 e. The van der Waals surface area contributed by atoms with Crippen molar-refractivity contribution in [3.8, 4) is 0 Å². The summed E-state index contributed by atoms with van der Waals surface area (Å²) in [6.45, 7) is 4.97. The van der Waals surface area contributed by atoms with E-state index in [4.69, 9.17) is 0 Å². The predicted molar refractivity (Wildman–Crippen MR) is 63.3 cm³/mol. The van der Waals surface area contributed by atoms with Crippen molar-refractivity contribution in [2.45, 2.75) is 6.42 Å². The van der Waals surface area contributed by atoms with E-state index >= 15 is 0 Å². The molecule has 1 aliphatic rings. The van der Waals surface area contributed by atoms with E-state index in [9.17, 15) is 4.79 Å². The maximum Gasteiger partial charge on any atom is 0.226 e. The molecule has 2 heterocycles. The molecule has 1 aromatic heterocycles. The summed E-state index contributed by atoms with van der Waals surface area (Å²) in [7, 11) is 0. The van der Waals surface area contributed by atoms with Crippen LogP contribution in [0.4, 0.5) is 5.82 Å². The van der Waals surface area contributed by atoms with E-state index < -0.39 is 0 Å². The number of aromatic amines is 1. The lowest BCUT2D eigenvalue weighted by Gasteiger charge is -2.26. The van der Waals surface area contributed by atoms with E-state index in [1.54, 1.807) is 6.20 Å². The molecule has 1 fully saturated rings. The zero-order valence-electron chi connectivity index (χ0n) is 9.33. The van der Waals surface area contributed by atoms with Crippen molar-refractivity contribution in [1.29, 1.82) is 0 Å². The summed E-state index contributed by atoms with van der Waals surface area (Å²) in [5.41, 5.74) is 0. The average Bonchev–Trinajstić information content (AvgIpc) is 2.81. The Balaban J connectivity index is 1.67. The van der Waals surface area contributed by atoms with Crippen molar-refractivity contribution >= 4 is 11.7 Å². The number of nitrogens with zero attached hydrogens (tertiary/aromatic N) is 1. The van der Waals surface area contributed by atoms with E-state index in [1.165, 1.54) is 0 Å². The zero-order valence-corrected chi connectivity index (χ0v) is 9.33. The normalized spacial score (nSPS) is 17.2. The van der Waals surface area contributed by atoms with Crippen LogP contribution in [-0.4, -0.2) is 48.5 Å². The molecule has 0 aromatic carbocycles. The molecule has 1 aliphatic heterocycles. The average molecular weight is 222 g/mol. The summed E-state index contributed by atoms with van der Waals surface area (Å²) in [5.74, 6) is 0.839. The topological polar surface area (TPSA) is 60.2 Å². The van der Waals surface area contributed by atoms with Gasteiger partial charge in [-0.25, -0.2) is 0 Å². The number of hydrogen-bond acceptors (Lipinski definition) is 3. The third-order valence-electron chi connectivity index (χ3n) is 2.74. The molecule has 16 heavy (non-hydrogen) atoms. The Bertz CT molecular complexity index is 317. The van der Waals surface area contributed by atoms with E-state index in [0.29, 0.717) is 6.42 Å². The Morgan fingerprint density at radius 1 is 1.44 bits per heavy atom. The van der Waals surface area contributed by atoms with Crippen molar-refractivity contribution in [3.05, 3.63) is 18.3 Å². The number of nitrogens with one attached hydrogen (secondary N) is 3. The van der Waals surface area contributed by atoms with Crippen LogP contribution in [0, 0.1) is 0 Å². The molecule has 0 bridgehead atoms. The smallest absolute Gasteiger partial charge is 0.226 e. The van der Waals surface area contributed by atoms with E-state index in [-0.39, 0.29) is 5.91 Å². The Morgan fingerprint density at radius 3 is 2.94 bits per heavy atom. The molecule has 1 aromatic rings. The van der Waals surface area contributed by atoms with Gasteiger partial charge in [-0.2, -0.15) is 0 Å². The first kappa shape index (κ1) is 11.2. The van der Waals surface area contributed by atoms with Crippen molar-refractivity contribution in [1.82, 2.24) is 15.2 Å². The van der Waals surface area contributed by atoms with Crippen LogP contribution in [0.2, 0.25) is 0 Å². The molecule has 0 atom stereocenters. The maximum absolute atomic E-state index is 11.6. The number of rotatable bonds is 4. The summed E-state index contributed by atoms with van der Waals surface area (Å²) < 4.78 is 0. The first-order chi connectivity index (χ1) is 7.84. The summed E-state index contributed by atoms with van der Waals surface area (Å²) in [6, 6.07) is 3.72. The second-order valence-corrected chi connectivity index (χ2v) is 3.97. The molecule has 1 saturated heterocycles. The van der Waals surface area contributed by atoms with Crippen molar-refractivity contribution in [2.75, 3.05) is 38.0 Å². The number of hydrogen-bond donors (Lipinski definition) is 3. The second kappa shape index (κ2) is 5.67. The van der Waals surface area contributed by atoms with Gasteiger partial charge in [0.25, 0.3) is 0 Å². The van der Waals surface area contributed by atoms with Crippen LogP contribution in [0.3, 0.4) is 0 Å². The lowest BCUT2D eigenvalue weighted by Crippen LogP contribution is -2.44. The minimum Gasteiger partial charge on any atom is -0.348 e. The molecule has 0 saturated carbocycles. The van der Waals surface area contributed by atoms with Crippen LogP contribution in [0.1, 0.15) is 6.42 Å². The fraction of sp³-hybridized carbons (Fsp3) is 0.545. The number of piperazine rings is 1. The van der Waals surface area contributed by atoms with E-state index in [1.807, 2.05) is 12.1 Å². The van der Waals surface area contributed by atoms with Crippen LogP contribution in [-0.2, 0) is 4.79 Å². The van der Waals surface area contributed by atoms with Gasteiger partial charge in [0.2, 0.25) is 5.91 Å². The van der Waals surface area contributed by atoms with Gasteiger partial charge in [0.05, 0.1) is 0 Å². The Hall–Kier alpha value is -1.33. The molecular formula is C11H18N4O. The highest BCUT2D eigenvalue weighted by molar-refractivity contribution is 5.89. The van der Waals surface area contributed by atoms with Crippen LogP contribution in [0.25, 0.3) is 0 Å². The predicted octanol–water partition coefficient (Wildman–Crippen LogP) is 0.249. The number of carbonyl (C=O) groups excluding carboxylic acids is 1. The maximum atomic E-state index is 11.6. The van der Waals surface area contributed by atoms with Gasteiger partial charge >= 0.3 is 0 Å². The van der Waals surface area contributed by atoms with Gasteiger partial charge in [-0.05, 0) is 12.1 Å². The van der Waals surface area contributed by atoms with Gasteiger partial charge in [0, 0.05) is 45.3 Å². The number of anilines is 1. The number of amides is 1. The van der Waals surface area contributed by atoms with Crippen LogP contribution < -0.4 is 10.6 Å². The molecule has 88 valence electrons. The van der Waals surface area contributed by atoms with E-state index in [2.05, 4.69) is 20.5 Å². The highest BCUT2D eigenvalue weighted by Crippen LogP contribution is 2.02. The van der Waals surface area contributed by atoms with Gasteiger partial charge in [-0.1, -0.05) is 0 Å². The number of carbonyl (C=O) groups is 1. The SMILES string of the molecule is O=C(CCN1CCNCC1)Nc1ccc[nH]1. The Morgan fingerprint density at radius 2 is 2.25 bits per heavy atom. The van der Waals surface area contributed by atoms with Crippen molar-refractivity contribution in [3.63, 3.8) is 0 Å². The molecule has 5 heteroatoms. The first-order valence-electron chi connectivity index (χ1n) is 5.71. The van der Waals surface area contributed by atoms with Crippen molar-refractivity contribution in [2.24, 2.45) is 0 Å². The lowest BCUT2D eigenvalue weighted by molar-refractivity contribution is -0.116. The summed E-state index contributed by atoms with van der Waals surface area (Å²) in [6.07, 6.45) is 2.35. The van der Waals surface area contributed by atoms with Crippen LogP contribution in [0.15, 0.2) is 18.3 Å². The first-order valence-corrected chi connectivity index (χ1v) is 5.71. The van der Waals surface area contributed by atoms with Crippen molar-refractivity contribution < 1.29 is 4.79 Å². The van der Waals surface area contributed by atoms with Gasteiger partial charge in [0.15, 0.2) is 0 Å². The van der Waals surface area contributed by atoms with Gasteiger partial charge in [-0.15, -0.1) is 0 Å². The molecule has 0 unspecified atom stereocenters. The summed E-state index contributed by atoms with van der Waals surface area (Å²) in [4.78, 5) is 16.8. The molecule has 1 amide bonds. The molecule has 3 N–H and O–H groups in total. The fourth-order valence-electron chi connectivity index (χ4n) is 1.82. The molecule has 2 rings (SSSR count). The Labute approximate surface area is 95.2 Å². The molecule has 5 nitrogen and oxygen atoms in total. The molecule has 0 radical (unpaired) electrons. The third kappa shape index (κ3) is 3.36. The lowest BCUT2D eigenvalue weighted by atomic mass is 10.3. The highest BCUT2D eigenvalue weighted by Gasteiger charge is 2.11. The molecular weight excluding hydrogens is 204 g/mol. The quantitative estimate of drug-likeness (QED) is 0.684. The zero-order chi connectivity index (χ0) is 11.2. The molecule has 0 spiro atoms. The number of H-pyrrole nitrogens is 1. The Kier molecular flexibility index (Phi) is 3.96. The minimum absolute atomic E-state index is 0.0704. The summed E-state index contributed by atoms with van der Waals surface area (Å²) >= 11 is 0. The monoisotopic (exact) mass is 222 g/mol. The standard InChI is InChI=1S/C11H18N4O/c16-11(14-10-2-1-4-13-10)3-7-15-8-5-12-6-9-15/h1-2,4,12-13H,3,5-9H2,(H,14,16). The fourth-order valence-corrected chi connectivity index (χ4v) is 1.82. The third-order valence-corrected chi connectivity index (χ3v) is 2.74. The number of aromatic nitrogens is 1. The minimum atomic E-state index is 0.0704. The van der Waals surface area contributed by atoms with Crippen LogP contribution in [0.5, 0.6) is 0 Å². The van der Waals surface area contributed by atoms with Gasteiger partial charge in [0.1, 0.15) is 5.82 Å². The van der Waals surface area contributed by atoms with Crippen LogP contribution >= 0.6 is 0 Å². The van der Waals surface area contributed by atoms with E-state index in [0.717, 1.165) is 38.5 Å². The molecule has 0 aliphatic carbocycles. The van der Waals surface area contributed by atoms with Gasteiger partial charge in [-0.3, -0.25) is 4.79 Å². The second-order valence-electron chi connectivity index (χ2n) is 3.97. The van der Waals surface area contributed by atoms with Gasteiger partial charge < -0.3 is 20.5 Å².